The summed E-state index contributed by atoms with van der Waals surface area (Å²) < 4.78 is 5.63. The third kappa shape index (κ3) is 5.29. The predicted molar refractivity (Wildman–Crippen MR) is 139 cm³/mol. The van der Waals surface area contributed by atoms with Crippen LogP contribution in [0.5, 0.6) is 5.75 Å². The average molecular weight is 454 g/mol. The molecule has 0 aliphatic heterocycles. The van der Waals surface area contributed by atoms with E-state index >= 15 is 0 Å². The fourth-order valence-corrected chi connectivity index (χ4v) is 4.37. The van der Waals surface area contributed by atoms with Gasteiger partial charge in [0, 0.05) is 6.04 Å². The van der Waals surface area contributed by atoms with E-state index in [1.54, 1.807) is 6.07 Å². The fraction of sp³-hybridized carbons (Fsp3) is 0.233. The first-order chi connectivity index (χ1) is 16.5. The molecule has 0 bridgehead atoms. The molecule has 0 heterocycles. The van der Waals surface area contributed by atoms with Crippen LogP contribution in [0.2, 0.25) is 0 Å². The van der Waals surface area contributed by atoms with Gasteiger partial charge in [0.2, 0.25) is 0 Å². The molecule has 4 aromatic carbocycles. The molecule has 1 atom stereocenters. The number of hydrogen-bond acceptors (Lipinski definition) is 3. The fourth-order valence-electron chi connectivity index (χ4n) is 4.37. The molecule has 0 amide bonds. The number of carboxylic acids is 1. The summed E-state index contributed by atoms with van der Waals surface area (Å²) in [4.78, 5) is 11.7. The van der Waals surface area contributed by atoms with Crippen molar-refractivity contribution in [3.8, 4) is 16.9 Å². The normalized spacial score (nSPS) is 12.0. The Morgan fingerprint density at radius 2 is 1.82 bits per heavy atom. The largest absolute Gasteiger partial charge is 0.494 e. The second-order valence-electron chi connectivity index (χ2n) is 8.63. The maximum absolute atomic E-state index is 11.7. The van der Waals surface area contributed by atoms with Crippen molar-refractivity contribution in [1.29, 1.82) is 0 Å². The number of carboxylic acid groups (broad SMARTS) is 1. The molecule has 4 nitrogen and oxygen atoms in total. The lowest BCUT2D eigenvalue weighted by atomic mass is 9.92. The van der Waals surface area contributed by atoms with Crippen molar-refractivity contribution in [3.63, 3.8) is 0 Å². The highest BCUT2D eigenvalue weighted by Gasteiger charge is 2.12. The second kappa shape index (κ2) is 10.5. The van der Waals surface area contributed by atoms with Gasteiger partial charge in [-0.2, -0.15) is 0 Å². The van der Waals surface area contributed by atoms with Crippen LogP contribution in [0.25, 0.3) is 21.9 Å². The van der Waals surface area contributed by atoms with Gasteiger partial charge in [0.1, 0.15) is 5.75 Å². The first-order valence-corrected chi connectivity index (χ1v) is 11.8. The summed E-state index contributed by atoms with van der Waals surface area (Å²) in [5.41, 5.74) is 5.52. The van der Waals surface area contributed by atoms with Gasteiger partial charge in [0.25, 0.3) is 0 Å². The van der Waals surface area contributed by atoms with Crippen LogP contribution in [-0.4, -0.2) is 24.2 Å². The number of hydrogen-bond donors (Lipinski definition) is 2. The van der Waals surface area contributed by atoms with Crippen LogP contribution in [0.3, 0.4) is 0 Å². The number of aromatic carboxylic acids is 1. The first kappa shape index (κ1) is 23.5. The van der Waals surface area contributed by atoms with Crippen LogP contribution in [0, 0.1) is 6.92 Å². The minimum Gasteiger partial charge on any atom is -0.494 e. The minimum atomic E-state index is -0.897. The lowest BCUT2D eigenvalue weighted by Crippen LogP contribution is -2.21. The van der Waals surface area contributed by atoms with Crippen molar-refractivity contribution in [2.24, 2.45) is 0 Å². The van der Waals surface area contributed by atoms with Crippen LogP contribution >= 0.6 is 0 Å². The van der Waals surface area contributed by atoms with E-state index in [-0.39, 0.29) is 6.04 Å². The van der Waals surface area contributed by atoms with Crippen molar-refractivity contribution in [2.45, 2.75) is 33.2 Å². The van der Waals surface area contributed by atoms with Crippen LogP contribution in [0.15, 0.2) is 78.9 Å². The van der Waals surface area contributed by atoms with Crippen molar-refractivity contribution in [2.75, 3.05) is 13.2 Å². The highest BCUT2D eigenvalue weighted by atomic mass is 16.5. The molecule has 174 valence electrons. The summed E-state index contributed by atoms with van der Waals surface area (Å²) in [6, 6.07) is 26.8. The van der Waals surface area contributed by atoms with Crippen LogP contribution in [0.4, 0.5) is 0 Å². The Kier molecular flexibility index (Phi) is 7.29. The third-order valence-corrected chi connectivity index (χ3v) is 6.23. The Bertz CT molecular complexity index is 1310. The van der Waals surface area contributed by atoms with E-state index in [1.165, 1.54) is 11.1 Å². The van der Waals surface area contributed by atoms with E-state index in [0.717, 1.165) is 46.2 Å². The van der Waals surface area contributed by atoms with E-state index < -0.39 is 5.97 Å². The topological polar surface area (TPSA) is 58.6 Å². The molecule has 0 unspecified atom stereocenters. The molecular weight excluding hydrogens is 422 g/mol. The van der Waals surface area contributed by atoms with Crippen molar-refractivity contribution < 1.29 is 14.6 Å². The maximum Gasteiger partial charge on any atom is 0.335 e. The monoisotopic (exact) mass is 453 g/mol. The zero-order chi connectivity index (χ0) is 24.1. The van der Waals surface area contributed by atoms with Gasteiger partial charge in [-0.1, -0.05) is 60.7 Å². The van der Waals surface area contributed by atoms with Crippen molar-refractivity contribution in [1.82, 2.24) is 5.32 Å². The lowest BCUT2D eigenvalue weighted by molar-refractivity contribution is 0.0696. The second-order valence-corrected chi connectivity index (χ2v) is 8.63. The SMILES string of the molecule is CCOc1cccc([C@@H](C)NCCc2cc(-c3ccc(C)c(C(=O)O)c3)c3ccccc3c2)c1. The zero-order valence-electron chi connectivity index (χ0n) is 20.0. The molecule has 0 aromatic heterocycles. The molecule has 4 rings (SSSR count). The molecule has 4 aromatic rings. The summed E-state index contributed by atoms with van der Waals surface area (Å²) in [7, 11) is 0. The number of benzene rings is 4. The Balaban J connectivity index is 1.57. The summed E-state index contributed by atoms with van der Waals surface area (Å²) in [5.74, 6) is -0.00180. The van der Waals surface area contributed by atoms with E-state index in [1.807, 2.05) is 50.2 Å². The van der Waals surface area contributed by atoms with Gasteiger partial charge in [0.15, 0.2) is 0 Å². The van der Waals surface area contributed by atoms with Crippen molar-refractivity contribution >= 4 is 16.7 Å². The lowest BCUT2D eigenvalue weighted by Gasteiger charge is -2.16. The molecule has 0 saturated heterocycles. The molecule has 0 radical (unpaired) electrons. The highest BCUT2D eigenvalue weighted by Crippen LogP contribution is 2.32. The van der Waals surface area contributed by atoms with Gasteiger partial charge in [-0.15, -0.1) is 0 Å². The van der Waals surface area contributed by atoms with Crippen molar-refractivity contribution in [3.05, 3.63) is 101 Å². The minimum absolute atomic E-state index is 0.204. The smallest absolute Gasteiger partial charge is 0.335 e. The summed E-state index contributed by atoms with van der Waals surface area (Å²) in [6.07, 6.45) is 0.866. The summed E-state index contributed by atoms with van der Waals surface area (Å²) in [6.45, 7) is 7.47. The van der Waals surface area contributed by atoms with E-state index in [4.69, 9.17) is 4.74 Å². The molecule has 2 N–H and O–H groups in total. The molecule has 34 heavy (non-hydrogen) atoms. The van der Waals surface area contributed by atoms with E-state index in [9.17, 15) is 9.90 Å². The Hall–Kier alpha value is -3.63. The number of ether oxygens (including phenoxy) is 1. The van der Waals surface area contributed by atoms with Gasteiger partial charge in [-0.25, -0.2) is 4.79 Å². The van der Waals surface area contributed by atoms with Gasteiger partial charge >= 0.3 is 5.97 Å². The Morgan fingerprint density at radius 3 is 2.62 bits per heavy atom. The van der Waals surface area contributed by atoms with Crippen LogP contribution in [0.1, 0.15) is 46.9 Å². The van der Waals surface area contributed by atoms with E-state index in [2.05, 4.69) is 48.6 Å². The number of nitrogens with one attached hydrogen (secondary N) is 1. The molecule has 0 aliphatic carbocycles. The number of carbonyl (C=O) groups is 1. The van der Waals surface area contributed by atoms with Gasteiger partial charge in [0.05, 0.1) is 12.2 Å². The van der Waals surface area contributed by atoms with Gasteiger partial charge in [-0.05, 0) is 90.5 Å². The first-order valence-electron chi connectivity index (χ1n) is 11.8. The van der Waals surface area contributed by atoms with Gasteiger partial charge < -0.3 is 15.2 Å². The van der Waals surface area contributed by atoms with E-state index in [0.29, 0.717) is 12.2 Å². The number of aryl methyl sites for hydroxylation is 1. The molecular formula is C30H31NO3. The van der Waals surface area contributed by atoms with Crippen LogP contribution < -0.4 is 10.1 Å². The number of rotatable bonds is 9. The van der Waals surface area contributed by atoms with Gasteiger partial charge in [-0.3, -0.25) is 0 Å². The molecule has 0 fully saturated rings. The Morgan fingerprint density at radius 1 is 1.00 bits per heavy atom. The third-order valence-electron chi connectivity index (χ3n) is 6.23. The zero-order valence-corrected chi connectivity index (χ0v) is 20.0. The molecule has 0 aliphatic rings. The Labute approximate surface area is 201 Å². The quantitative estimate of drug-likeness (QED) is 0.292. The summed E-state index contributed by atoms with van der Waals surface area (Å²) >= 11 is 0. The predicted octanol–water partition coefficient (Wildman–Crippen LogP) is 6.81. The van der Waals surface area contributed by atoms with Crippen LogP contribution in [-0.2, 0) is 6.42 Å². The standard InChI is InChI=1S/C30H31NO3/c1-4-34-26-10-7-9-23(18-26)21(3)31-15-14-22-16-24-8-5-6-11-27(24)29(17-22)25-13-12-20(2)28(19-25)30(32)33/h5-13,16-19,21,31H,4,14-15H2,1-3H3,(H,32,33)/t21-/m1/s1. The molecule has 0 saturated carbocycles. The maximum atomic E-state index is 11.7. The summed E-state index contributed by atoms with van der Waals surface area (Å²) in [5, 5.41) is 15.5. The molecule has 0 spiro atoms. The average Bonchev–Trinajstić information content (AvgIpc) is 2.84. The highest BCUT2D eigenvalue weighted by molar-refractivity contribution is 5.99. The molecule has 4 heteroatoms. The number of fused-ring (bicyclic) bond motifs is 1.